The summed E-state index contributed by atoms with van der Waals surface area (Å²) in [5.74, 6) is 1.68. The Morgan fingerprint density at radius 2 is 1.83 bits per heavy atom. The Morgan fingerprint density at radius 1 is 1.10 bits per heavy atom. The molecule has 6 nitrogen and oxygen atoms in total. The number of nitrogens with one attached hydrogen (secondary N) is 3. The summed E-state index contributed by atoms with van der Waals surface area (Å²) in [6.45, 7) is 1.57. The highest BCUT2D eigenvalue weighted by molar-refractivity contribution is 14.0. The van der Waals surface area contributed by atoms with Crippen LogP contribution >= 0.6 is 24.0 Å². The maximum absolute atomic E-state index is 5.27. The van der Waals surface area contributed by atoms with E-state index < -0.39 is 0 Å². The van der Waals surface area contributed by atoms with Gasteiger partial charge in [0, 0.05) is 37.2 Å². The number of H-pyrrole nitrogens is 1. The Labute approximate surface area is 196 Å². The predicted octanol–water partition coefficient (Wildman–Crippen LogP) is 3.80. The number of aromatic nitrogens is 1. The maximum Gasteiger partial charge on any atom is 0.191 e. The van der Waals surface area contributed by atoms with Crippen molar-refractivity contribution in [3.8, 4) is 5.75 Å². The van der Waals surface area contributed by atoms with Crippen LogP contribution in [-0.4, -0.2) is 57.2 Å². The number of fused-ring (bicyclic) bond motifs is 1. The molecule has 0 aliphatic carbocycles. The first kappa shape index (κ1) is 24.0. The molecule has 162 valence electrons. The highest BCUT2D eigenvalue weighted by atomic mass is 127. The van der Waals surface area contributed by atoms with E-state index in [1.54, 1.807) is 14.2 Å². The van der Waals surface area contributed by atoms with Gasteiger partial charge in [-0.2, -0.15) is 0 Å². The molecular weight excluding hydrogens is 489 g/mol. The fraction of sp³-hybridized carbons (Fsp3) is 0.348. The van der Waals surface area contributed by atoms with Crippen molar-refractivity contribution < 1.29 is 4.74 Å². The van der Waals surface area contributed by atoms with Crippen LogP contribution in [0.2, 0.25) is 0 Å². The number of methoxy groups -OCH3 is 1. The molecule has 0 aliphatic heterocycles. The van der Waals surface area contributed by atoms with E-state index in [4.69, 9.17) is 4.74 Å². The van der Waals surface area contributed by atoms with Gasteiger partial charge in [-0.15, -0.1) is 24.0 Å². The van der Waals surface area contributed by atoms with Gasteiger partial charge in [-0.1, -0.05) is 30.3 Å². The standard InChI is InChI=1S/C23H31N5O.HI/c1-24-23(25-14-13-18-15-26-21-8-6-5-7-20(18)21)27-16-22(28(2)3)17-9-11-19(29-4)12-10-17;/h5-12,15,22,26H,13-14,16H2,1-4H3,(H2,24,25,27);1H. The van der Waals surface area contributed by atoms with Crippen LogP contribution in [0.5, 0.6) is 5.75 Å². The van der Waals surface area contributed by atoms with Crippen molar-refractivity contribution in [1.82, 2.24) is 20.5 Å². The van der Waals surface area contributed by atoms with Gasteiger partial charge >= 0.3 is 0 Å². The number of rotatable bonds is 8. The van der Waals surface area contributed by atoms with Gasteiger partial charge in [0.25, 0.3) is 0 Å². The molecule has 2 aromatic carbocycles. The van der Waals surface area contributed by atoms with Gasteiger partial charge in [0.1, 0.15) is 5.75 Å². The summed E-state index contributed by atoms with van der Waals surface area (Å²) < 4.78 is 5.27. The van der Waals surface area contributed by atoms with Crippen LogP contribution in [0.15, 0.2) is 59.7 Å². The number of hydrogen-bond donors (Lipinski definition) is 3. The molecule has 0 saturated heterocycles. The van der Waals surface area contributed by atoms with Crippen LogP contribution in [-0.2, 0) is 6.42 Å². The quantitative estimate of drug-likeness (QED) is 0.240. The van der Waals surface area contributed by atoms with Gasteiger partial charge in [-0.3, -0.25) is 4.99 Å². The van der Waals surface area contributed by atoms with Crippen molar-refractivity contribution in [2.75, 3.05) is 41.3 Å². The summed E-state index contributed by atoms with van der Waals surface area (Å²) in [5, 5.41) is 8.16. The number of aliphatic imine (C=N–C) groups is 1. The highest BCUT2D eigenvalue weighted by Gasteiger charge is 2.15. The smallest absolute Gasteiger partial charge is 0.191 e. The topological polar surface area (TPSA) is 64.7 Å². The lowest BCUT2D eigenvalue weighted by Gasteiger charge is -2.26. The number of halogens is 1. The summed E-state index contributed by atoms with van der Waals surface area (Å²) >= 11 is 0. The minimum Gasteiger partial charge on any atom is -0.497 e. The average Bonchev–Trinajstić information content (AvgIpc) is 3.16. The fourth-order valence-corrected chi connectivity index (χ4v) is 3.49. The number of para-hydroxylation sites is 1. The highest BCUT2D eigenvalue weighted by Crippen LogP contribution is 2.21. The second-order valence-corrected chi connectivity index (χ2v) is 7.24. The Morgan fingerprint density at radius 3 is 2.50 bits per heavy atom. The van der Waals surface area contributed by atoms with E-state index in [2.05, 4.69) is 82.2 Å². The Bertz CT molecular complexity index is 936. The van der Waals surface area contributed by atoms with Crippen molar-refractivity contribution in [2.45, 2.75) is 12.5 Å². The van der Waals surface area contributed by atoms with Gasteiger partial charge in [0.15, 0.2) is 5.96 Å². The molecule has 30 heavy (non-hydrogen) atoms. The van der Waals surface area contributed by atoms with Crippen LogP contribution in [0.1, 0.15) is 17.2 Å². The zero-order valence-corrected chi connectivity index (χ0v) is 20.4. The number of likely N-dealkylation sites (N-methyl/N-ethyl adjacent to an activating group) is 1. The first-order valence-corrected chi connectivity index (χ1v) is 9.92. The number of ether oxygens (including phenoxy) is 1. The number of nitrogens with zero attached hydrogens (tertiary/aromatic N) is 2. The lowest BCUT2D eigenvalue weighted by Crippen LogP contribution is -2.42. The predicted molar refractivity (Wildman–Crippen MR) is 136 cm³/mol. The second kappa shape index (κ2) is 11.8. The van der Waals surface area contributed by atoms with Crippen LogP contribution < -0.4 is 15.4 Å². The Hall–Kier alpha value is -2.26. The molecule has 0 amide bonds. The number of hydrogen-bond acceptors (Lipinski definition) is 3. The van der Waals surface area contributed by atoms with Gasteiger partial charge in [-0.25, -0.2) is 0 Å². The zero-order valence-electron chi connectivity index (χ0n) is 18.1. The third kappa shape index (κ3) is 6.12. The number of guanidine groups is 1. The van der Waals surface area contributed by atoms with E-state index in [9.17, 15) is 0 Å². The lowest BCUT2D eigenvalue weighted by atomic mass is 10.1. The van der Waals surface area contributed by atoms with Crippen LogP contribution in [0.25, 0.3) is 10.9 Å². The molecule has 0 spiro atoms. The minimum atomic E-state index is 0. The second-order valence-electron chi connectivity index (χ2n) is 7.24. The molecule has 3 rings (SSSR count). The lowest BCUT2D eigenvalue weighted by molar-refractivity contribution is 0.298. The van der Waals surface area contributed by atoms with E-state index >= 15 is 0 Å². The first-order chi connectivity index (χ1) is 14.1. The molecule has 0 aliphatic rings. The third-order valence-electron chi connectivity index (χ3n) is 5.17. The molecule has 3 N–H and O–H groups in total. The van der Waals surface area contributed by atoms with E-state index in [1.807, 2.05) is 12.1 Å². The first-order valence-electron chi connectivity index (χ1n) is 9.92. The van der Waals surface area contributed by atoms with E-state index in [0.29, 0.717) is 0 Å². The van der Waals surface area contributed by atoms with Crippen LogP contribution in [0, 0.1) is 0 Å². The summed E-state index contributed by atoms with van der Waals surface area (Å²) in [4.78, 5) is 9.90. The third-order valence-corrected chi connectivity index (χ3v) is 5.17. The molecule has 1 heterocycles. The summed E-state index contributed by atoms with van der Waals surface area (Å²) in [6.07, 6.45) is 3.02. The number of aromatic amines is 1. The molecule has 0 fully saturated rings. The summed E-state index contributed by atoms with van der Waals surface area (Å²) in [6, 6.07) is 16.8. The number of benzene rings is 2. The zero-order chi connectivity index (χ0) is 20.6. The van der Waals surface area contributed by atoms with Gasteiger partial charge in [-0.05, 0) is 49.8 Å². The normalized spacial score (nSPS) is 12.5. The van der Waals surface area contributed by atoms with Crippen molar-refractivity contribution >= 4 is 40.8 Å². The molecule has 0 radical (unpaired) electrons. The van der Waals surface area contributed by atoms with Crippen molar-refractivity contribution in [1.29, 1.82) is 0 Å². The molecule has 0 bridgehead atoms. The molecule has 1 atom stereocenters. The molecule has 7 heteroatoms. The maximum atomic E-state index is 5.27. The Kier molecular flexibility index (Phi) is 9.45. The molecule has 1 unspecified atom stereocenters. The fourth-order valence-electron chi connectivity index (χ4n) is 3.49. The molecular formula is C23H32IN5O. The van der Waals surface area contributed by atoms with E-state index in [-0.39, 0.29) is 30.0 Å². The Balaban J connectivity index is 0.00000320. The SMILES string of the molecule is CN=C(NCCc1c[nH]c2ccccc12)NCC(c1ccc(OC)cc1)N(C)C.I. The molecule has 3 aromatic rings. The largest absolute Gasteiger partial charge is 0.497 e. The van der Waals surface area contributed by atoms with Gasteiger partial charge in [0.05, 0.1) is 13.2 Å². The average molecular weight is 521 g/mol. The molecule has 1 aromatic heterocycles. The van der Waals surface area contributed by atoms with Crippen molar-refractivity contribution in [3.63, 3.8) is 0 Å². The van der Waals surface area contributed by atoms with Gasteiger partial charge in [0.2, 0.25) is 0 Å². The summed E-state index contributed by atoms with van der Waals surface area (Å²) in [5.41, 5.74) is 3.73. The monoisotopic (exact) mass is 521 g/mol. The minimum absolute atomic E-state index is 0. The van der Waals surface area contributed by atoms with E-state index in [1.165, 1.54) is 22.0 Å². The molecule has 0 saturated carbocycles. The van der Waals surface area contributed by atoms with Gasteiger partial charge < -0.3 is 25.3 Å². The summed E-state index contributed by atoms with van der Waals surface area (Å²) in [7, 11) is 7.67. The van der Waals surface area contributed by atoms with Crippen molar-refractivity contribution in [2.24, 2.45) is 4.99 Å². The van der Waals surface area contributed by atoms with Crippen molar-refractivity contribution in [3.05, 3.63) is 65.9 Å². The van der Waals surface area contributed by atoms with Crippen LogP contribution in [0.3, 0.4) is 0 Å². The van der Waals surface area contributed by atoms with Crippen LogP contribution in [0.4, 0.5) is 0 Å². The van der Waals surface area contributed by atoms with E-state index in [0.717, 1.165) is 31.2 Å².